The van der Waals surface area contributed by atoms with Crippen LogP contribution in [0.4, 0.5) is 0 Å². The number of nitrogens with zero attached hydrogens (tertiary/aromatic N) is 1. The lowest BCUT2D eigenvalue weighted by molar-refractivity contribution is 0.324. The van der Waals surface area contributed by atoms with Gasteiger partial charge in [0.2, 0.25) is 5.75 Å². The Labute approximate surface area is 174 Å². The van der Waals surface area contributed by atoms with Crippen molar-refractivity contribution in [1.29, 1.82) is 0 Å². The van der Waals surface area contributed by atoms with Crippen molar-refractivity contribution in [3.8, 4) is 17.2 Å². The summed E-state index contributed by atoms with van der Waals surface area (Å²) in [5, 5.41) is 6.77. The van der Waals surface area contributed by atoms with E-state index in [1.165, 1.54) is 5.56 Å². The Morgan fingerprint density at radius 3 is 2.07 bits per heavy atom. The second kappa shape index (κ2) is 10.6. The molecule has 0 unspecified atom stereocenters. The molecule has 158 valence electrons. The third-order valence-electron chi connectivity index (χ3n) is 4.74. The molecule has 0 spiro atoms. The lowest BCUT2D eigenvalue weighted by Gasteiger charge is -2.26. The first-order chi connectivity index (χ1) is 13.9. The molecular formula is C23H33N3O3. The van der Waals surface area contributed by atoms with Crippen molar-refractivity contribution >= 4 is 5.96 Å². The molecule has 0 saturated carbocycles. The largest absolute Gasteiger partial charge is 0.493 e. The molecule has 0 aliphatic carbocycles. The summed E-state index contributed by atoms with van der Waals surface area (Å²) in [6, 6.07) is 14.3. The predicted octanol–water partition coefficient (Wildman–Crippen LogP) is 3.75. The number of aliphatic imine (C=N–C) groups is 1. The maximum Gasteiger partial charge on any atom is 0.203 e. The molecule has 29 heavy (non-hydrogen) atoms. The molecule has 2 rings (SSSR count). The number of nitrogens with one attached hydrogen (secondary N) is 2. The summed E-state index contributed by atoms with van der Waals surface area (Å²) >= 11 is 0. The molecule has 6 nitrogen and oxygen atoms in total. The monoisotopic (exact) mass is 399 g/mol. The third kappa shape index (κ3) is 6.04. The van der Waals surface area contributed by atoms with Crippen LogP contribution in [0.5, 0.6) is 17.2 Å². The van der Waals surface area contributed by atoms with Crippen molar-refractivity contribution in [3.63, 3.8) is 0 Å². The first kappa shape index (κ1) is 22.4. The van der Waals surface area contributed by atoms with Gasteiger partial charge < -0.3 is 24.8 Å². The van der Waals surface area contributed by atoms with Gasteiger partial charge in [0.05, 0.1) is 27.9 Å². The summed E-state index contributed by atoms with van der Waals surface area (Å²) in [5.74, 6) is 2.60. The molecule has 0 heterocycles. The highest BCUT2D eigenvalue weighted by molar-refractivity contribution is 5.79. The minimum absolute atomic E-state index is 0.0238. The number of hydrogen-bond acceptors (Lipinski definition) is 4. The SMILES string of the molecule is CCNC(=NCc1cc(OC)c(OC)c(OC)c1)NCC(C)(C)c1ccccc1. The van der Waals surface area contributed by atoms with Crippen molar-refractivity contribution in [2.75, 3.05) is 34.4 Å². The Hall–Kier alpha value is -2.89. The smallest absolute Gasteiger partial charge is 0.203 e. The van der Waals surface area contributed by atoms with Crippen molar-refractivity contribution < 1.29 is 14.2 Å². The van der Waals surface area contributed by atoms with Crippen LogP contribution in [-0.2, 0) is 12.0 Å². The molecule has 6 heteroatoms. The van der Waals surface area contributed by atoms with Crippen LogP contribution < -0.4 is 24.8 Å². The number of guanidine groups is 1. The molecular weight excluding hydrogens is 366 g/mol. The molecule has 2 aromatic rings. The second-order valence-electron chi connectivity index (χ2n) is 7.33. The molecule has 2 aromatic carbocycles. The summed E-state index contributed by atoms with van der Waals surface area (Å²) in [5.41, 5.74) is 2.23. The van der Waals surface area contributed by atoms with Gasteiger partial charge in [-0.15, -0.1) is 0 Å². The van der Waals surface area contributed by atoms with E-state index >= 15 is 0 Å². The van der Waals surface area contributed by atoms with E-state index in [0.717, 1.165) is 24.6 Å². The zero-order valence-corrected chi connectivity index (χ0v) is 18.3. The molecule has 0 amide bonds. The molecule has 0 aromatic heterocycles. The van der Waals surface area contributed by atoms with Crippen LogP contribution in [0.2, 0.25) is 0 Å². The van der Waals surface area contributed by atoms with Gasteiger partial charge in [-0.25, -0.2) is 4.99 Å². The Morgan fingerprint density at radius 2 is 1.55 bits per heavy atom. The summed E-state index contributed by atoms with van der Waals surface area (Å²) in [6.45, 7) is 8.53. The molecule has 0 aliphatic rings. The zero-order chi connectivity index (χ0) is 21.3. The highest BCUT2D eigenvalue weighted by Gasteiger charge is 2.20. The van der Waals surface area contributed by atoms with Crippen LogP contribution in [0.15, 0.2) is 47.5 Å². The molecule has 0 radical (unpaired) electrons. The van der Waals surface area contributed by atoms with Crippen molar-refractivity contribution in [2.24, 2.45) is 4.99 Å². The van der Waals surface area contributed by atoms with Gasteiger partial charge in [-0.3, -0.25) is 0 Å². The summed E-state index contributed by atoms with van der Waals surface area (Å²) in [6.07, 6.45) is 0. The molecule has 2 N–H and O–H groups in total. The highest BCUT2D eigenvalue weighted by Crippen LogP contribution is 2.38. The zero-order valence-electron chi connectivity index (χ0n) is 18.3. The fraction of sp³-hybridized carbons (Fsp3) is 0.435. The van der Waals surface area contributed by atoms with E-state index in [1.54, 1.807) is 21.3 Å². The van der Waals surface area contributed by atoms with Crippen molar-refractivity contribution in [2.45, 2.75) is 32.7 Å². The van der Waals surface area contributed by atoms with Gasteiger partial charge in [-0.2, -0.15) is 0 Å². The quantitative estimate of drug-likeness (QED) is 0.497. The van der Waals surface area contributed by atoms with Gasteiger partial charge in [0.25, 0.3) is 0 Å². The minimum Gasteiger partial charge on any atom is -0.493 e. The van der Waals surface area contributed by atoms with Crippen LogP contribution in [0, 0.1) is 0 Å². The van der Waals surface area contributed by atoms with E-state index in [-0.39, 0.29) is 5.41 Å². The van der Waals surface area contributed by atoms with Crippen LogP contribution in [-0.4, -0.2) is 40.4 Å². The lowest BCUT2D eigenvalue weighted by atomic mass is 9.85. The molecule has 0 bridgehead atoms. The number of benzene rings is 2. The van der Waals surface area contributed by atoms with Crippen LogP contribution >= 0.6 is 0 Å². The topological polar surface area (TPSA) is 64.1 Å². The summed E-state index contributed by atoms with van der Waals surface area (Å²) in [7, 11) is 4.82. The Bertz CT molecular complexity index is 779. The normalized spacial score (nSPS) is 11.7. The summed E-state index contributed by atoms with van der Waals surface area (Å²) in [4.78, 5) is 4.73. The number of methoxy groups -OCH3 is 3. The van der Waals surface area contributed by atoms with E-state index in [2.05, 4.69) is 55.7 Å². The lowest BCUT2D eigenvalue weighted by Crippen LogP contribution is -2.43. The van der Waals surface area contributed by atoms with E-state index in [0.29, 0.717) is 23.8 Å². The Kier molecular flexibility index (Phi) is 8.19. The average Bonchev–Trinajstić information content (AvgIpc) is 2.75. The fourth-order valence-electron chi connectivity index (χ4n) is 3.03. The van der Waals surface area contributed by atoms with E-state index in [4.69, 9.17) is 19.2 Å². The Morgan fingerprint density at radius 1 is 0.931 bits per heavy atom. The number of rotatable bonds is 9. The third-order valence-corrected chi connectivity index (χ3v) is 4.74. The van der Waals surface area contributed by atoms with Gasteiger partial charge in [0.1, 0.15) is 0 Å². The predicted molar refractivity (Wildman–Crippen MR) is 118 cm³/mol. The molecule has 0 saturated heterocycles. The molecule has 0 fully saturated rings. The van der Waals surface area contributed by atoms with Gasteiger partial charge in [0.15, 0.2) is 17.5 Å². The second-order valence-corrected chi connectivity index (χ2v) is 7.33. The van der Waals surface area contributed by atoms with Crippen LogP contribution in [0.25, 0.3) is 0 Å². The summed E-state index contributed by atoms with van der Waals surface area (Å²) < 4.78 is 16.2. The van der Waals surface area contributed by atoms with Gasteiger partial charge in [-0.05, 0) is 30.2 Å². The number of ether oxygens (including phenoxy) is 3. The van der Waals surface area contributed by atoms with Gasteiger partial charge >= 0.3 is 0 Å². The maximum atomic E-state index is 5.43. The molecule has 0 atom stereocenters. The average molecular weight is 400 g/mol. The first-order valence-corrected chi connectivity index (χ1v) is 9.81. The standard InChI is InChI=1S/C23H33N3O3/c1-7-24-22(26-16-23(2,3)18-11-9-8-10-12-18)25-15-17-13-19(27-4)21(29-6)20(14-17)28-5/h8-14H,7,15-16H2,1-6H3,(H2,24,25,26). The van der Waals surface area contributed by atoms with Gasteiger partial charge in [-0.1, -0.05) is 44.2 Å². The minimum atomic E-state index is -0.0238. The van der Waals surface area contributed by atoms with Crippen molar-refractivity contribution in [1.82, 2.24) is 10.6 Å². The first-order valence-electron chi connectivity index (χ1n) is 9.81. The van der Waals surface area contributed by atoms with E-state index in [1.807, 2.05) is 18.2 Å². The van der Waals surface area contributed by atoms with Gasteiger partial charge in [0, 0.05) is 18.5 Å². The highest BCUT2D eigenvalue weighted by atomic mass is 16.5. The Balaban J connectivity index is 2.15. The molecule has 0 aliphatic heterocycles. The van der Waals surface area contributed by atoms with Crippen LogP contribution in [0.1, 0.15) is 31.9 Å². The maximum absolute atomic E-state index is 5.43. The van der Waals surface area contributed by atoms with E-state index < -0.39 is 0 Å². The number of hydrogen-bond donors (Lipinski definition) is 2. The van der Waals surface area contributed by atoms with Crippen molar-refractivity contribution in [3.05, 3.63) is 53.6 Å². The van der Waals surface area contributed by atoms with E-state index in [9.17, 15) is 0 Å². The van der Waals surface area contributed by atoms with Crippen LogP contribution in [0.3, 0.4) is 0 Å². The fourth-order valence-corrected chi connectivity index (χ4v) is 3.03.